The molecule has 1 aliphatic rings. The van der Waals surface area contributed by atoms with Crippen LogP contribution in [0.2, 0.25) is 0 Å². The van der Waals surface area contributed by atoms with Gasteiger partial charge >= 0.3 is 0 Å². The van der Waals surface area contributed by atoms with Gasteiger partial charge in [0.2, 0.25) is 17.7 Å². The van der Waals surface area contributed by atoms with E-state index in [0.29, 0.717) is 6.54 Å². The van der Waals surface area contributed by atoms with Gasteiger partial charge in [-0.3, -0.25) is 24.1 Å². The van der Waals surface area contributed by atoms with E-state index in [2.05, 4.69) is 16.0 Å². The Morgan fingerprint density at radius 1 is 0.917 bits per heavy atom. The van der Waals surface area contributed by atoms with Gasteiger partial charge in [-0.15, -0.1) is 11.8 Å². The standard InChI is InChI=1S/C37H55N5O5S/c1-35(2,3)22-38-33(46)30-37(7,8)48-23-42(30)34(47)28(43)26(21-24-17-13-11-14-18-24)39-32(45)29(36(4,5)6)40-31(44)27(41(9)10)25-19-15-12-16-20-25/h11-20,26-30,43H,21-23H2,1-10H3,(H,38,46)(H,39,45)(H,40,44)/t26-,27-,28-,29+,30+/m0/s1. The third-order valence-electron chi connectivity index (χ3n) is 8.43. The molecule has 1 aliphatic heterocycles. The number of nitrogens with one attached hydrogen (secondary N) is 3. The molecule has 48 heavy (non-hydrogen) atoms. The molecule has 4 amide bonds. The molecule has 3 rings (SSSR count). The second-order valence-electron chi connectivity index (χ2n) is 15.7. The lowest BCUT2D eigenvalue weighted by Gasteiger charge is -2.36. The minimum atomic E-state index is -1.66. The first-order valence-corrected chi connectivity index (χ1v) is 17.5. The topological polar surface area (TPSA) is 131 Å². The van der Waals surface area contributed by atoms with Crippen molar-refractivity contribution in [2.75, 3.05) is 26.5 Å². The molecule has 0 radical (unpaired) electrons. The van der Waals surface area contributed by atoms with Gasteiger partial charge < -0.3 is 26.0 Å². The Morgan fingerprint density at radius 2 is 1.48 bits per heavy atom. The number of benzene rings is 2. The lowest BCUT2D eigenvalue weighted by atomic mass is 9.85. The summed E-state index contributed by atoms with van der Waals surface area (Å²) in [4.78, 5) is 58.6. The van der Waals surface area contributed by atoms with E-state index in [1.54, 1.807) is 19.0 Å². The summed E-state index contributed by atoms with van der Waals surface area (Å²) in [6, 6.07) is 15.1. The van der Waals surface area contributed by atoms with Crippen LogP contribution >= 0.6 is 11.8 Å². The van der Waals surface area contributed by atoms with Crippen LogP contribution in [0.4, 0.5) is 0 Å². The van der Waals surface area contributed by atoms with Crippen LogP contribution in [0.5, 0.6) is 0 Å². The summed E-state index contributed by atoms with van der Waals surface area (Å²) >= 11 is 1.47. The molecule has 2 aromatic rings. The largest absolute Gasteiger partial charge is 0.381 e. The average Bonchev–Trinajstić information content (AvgIpc) is 3.32. The van der Waals surface area contributed by atoms with Crippen molar-refractivity contribution in [1.82, 2.24) is 25.8 Å². The summed E-state index contributed by atoms with van der Waals surface area (Å²) in [6.07, 6.45) is -1.50. The molecule has 264 valence electrons. The van der Waals surface area contributed by atoms with Gasteiger partial charge in [0.1, 0.15) is 18.1 Å². The summed E-state index contributed by atoms with van der Waals surface area (Å²) in [7, 11) is 3.60. The number of rotatable bonds is 12. The molecular weight excluding hydrogens is 627 g/mol. The third kappa shape index (κ3) is 10.3. The van der Waals surface area contributed by atoms with Crippen molar-refractivity contribution in [2.45, 2.75) is 96.8 Å². The molecule has 1 fully saturated rings. The first-order valence-electron chi connectivity index (χ1n) is 16.5. The van der Waals surface area contributed by atoms with Crippen molar-refractivity contribution in [2.24, 2.45) is 10.8 Å². The maximum atomic E-state index is 14.1. The SMILES string of the molecule is CN(C)[C@H](C(=O)N[C@H](C(=O)N[C@@H](Cc1ccccc1)[C@H](O)C(=O)N1CSC(C)(C)[C@H]1C(=O)NCC(C)(C)C)C(C)(C)C)c1ccccc1. The first kappa shape index (κ1) is 39.0. The Balaban J connectivity index is 1.90. The number of carbonyl (C=O) groups is 4. The fraction of sp³-hybridized carbons (Fsp3) is 0.568. The normalized spacial score (nSPS) is 18.8. The molecular formula is C37H55N5O5S. The van der Waals surface area contributed by atoms with Gasteiger partial charge in [-0.2, -0.15) is 0 Å². The molecule has 0 aliphatic carbocycles. The number of aliphatic hydroxyl groups is 1. The van der Waals surface area contributed by atoms with Gasteiger partial charge in [-0.1, -0.05) is 102 Å². The summed E-state index contributed by atoms with van der Waals surface area (Å²) in [5.74, 6) is -1.58. The van der Waals surface area contributed by atoms with Gasteiger partial charge in [0, 0.05) is 11.3 Å². The van der Waals surface area contributed by atoms with E-state index in [-0.39, 0.29) is 29.5 Å². The number of likely N-dealkylation sites (N-methyl/N-ethyl adjacent to an activating group) is 1. The molecule has 4 N–H and O–H groups in total. The summed E-state index contributed by atoms with van der Waals surface area (Å²) in [6.45, 7) is 15.8. The highest BCUT2D eigenvalue weighted by molar-refractivity contribution is 8.00. The second-order valence-corrected chi connectivity index (χ2v) is 17.3. The Morgan fingerprint density at radius 3 is 2.00 bits per heavy atom. The molecule has 5 atom stereocenters. The van der Waals surface area contributed by atoms with Crippen LogP contribution < -0.4 is 16.0 Å². The Hall–Kier alpha value is -3.41. The maximum absolute atomic E-state index is 14.1. The zero-order chi connectivity index (χ0) is 36.0. The zero-order valence-corrected chi connectivity index (χ0v) is 31.0. The minimum absolute atomic E-state index is 0.153. The second kappa shape index (κ2) is 15.9. The molecule has 0 spiro atoms. The van der Waals surface area contributed by atoms with Crippen molar-refractivity contribution < 1.29 is 24.3 Å². The van der Waals surface area contributed by atoms with Crippen molar-refractivity contribution in [3.05, 3.63) is 71.8 Å². The molecule has 1 saturated heterocycles. The predicted octanol–water partition coefficient (Wildman–Crippen LogP) is 3.75. The lowest BCUT2D eigenvalue weighted by molar-refractivity contribution is -0.148. The Bertz CT molecular complexity index is 1400. The van der Waals surface area contributed by atoms with Crippen molar-refractivity contribution in [1.29, 1.82) is 0 Å². The third-order valence-corrected chi connectivity index (χ3v) is 9.80. The zero-order valence-electron chi connectivity index (χ0n) is 30.2. The van der Waals surface area contributed by atoms with Crippen LogP contribution in [0.3, 0.4) is 0 Å². The van der Waals surface area contributed by atoms with Gasteiger partial charge in [-0.05, 0) is 56.3 Å². The number of nitrogens with zero attached hydrogens (tertiary/aromatic N) is 2. The summed E-state index contributed by atoms with van der Waals surface area (Å²) < 4.78 is -0.598. The van der Waals surface area contributed by atoms with Gasteiger partial charge in [0.05, 0.1) is 11.9 Å². The van der Waals surface area contributed by atoms with E-state index in [9.17, 15) is 24.3 Å². The Labute approximate surface area is 290 Å². The van der Waals surface area contributed by atoms with E-state index in [0.717, 1.165) is 11.1 Å². The highest BCUT2D eigenvalue weighted by atomic mass is 32.2. The number of carbonyl (C=O) groups excluding carboxylic acids is 4. The smallest absolute Gasteiger partial charge is 0.254 e. The summed E-state index contributed by atoms with van der Waals surface area (Å²) in [5, 5.41) is 20.6. The van der Waals surface area contributed by atoms with Gasteiger partial charge in [-0.25, -0.2) is 0 Å². The predicted molar refractivity (Wildman–Crippen MR) is 192 cm³/mol. The van der Waals surface area contributed by atoms with Crippen LogP contribution in [-0.2, 0) is 25.6 Å². The van der Waals surface area contributed by atoms with Crippen LogP contribution in [-0.4, -0.2) is 94.0 Å². The van der Waals surface area contributed by atoms with Crippen LogP contribution in [0.1, 0.15) is 72.6 Å². The minimum Gasteiger partial charge on any atom is -0.381 e. The molecule has 0 saturated carbocycles. The highest BCUT2D eigenvalue weighted by Crippen LogP contribution is 2.40. The molecule has 11 heteroatoms. The Kier molecular flexibility index (Phi) is 12.9. The van der Waals surface area contributed by atoms with E-state index in [4.69, 9.17) is 0 Å². The number of hydrogen-bond donors (Lipinski definition) is 4. The average molecular weight is 682 g/mol. The van der Waals surface area contributed by atoms with Crippen molar-refractivity contribution in [3.63, 3.8) is 0 Å². The van der Waals surface area contributed by atoms with E-state index in [1.807, 2.05) is 116 Å². The fourth-order valence-electron chi connectivity index (χ4n) is 5.80. The van der Waals surface area contributed by atoms with Gasteiger partial charge in [0.15, 0.2) is 6.10 Å². The summed E-state index contributed by atoms with van der Waals surface area (Å²) in [5.41, 5.74) is 0.713. The van der Waals surface area contributed by atoms with Crippen LogP contribution in [0.25, 0.3) is 0 Å². The van der Waals surface area contributed by atoms with E-state index >= 15 is 0 Å². The molecule has 0 bridgehead atoms. The van der Waals surface area contributed by atoms with Gasteiger partial charge in [0.25, 0.3) is 5.91 Å². The number of thioether (sulfide) groups is 1. The highest BCUT2D eigenvalue weighted by Gasteiger charge is 2.50. The van der Waals surface area contributed by atoms with Crippen LogP contribution in [0, 0.1) is 10.8 Å². The van der Waals surface area contributed by atoms with Crippen molar-refractivity contribution >= 4 is 35.4 Å². The lowest BCUT2D eigenvalue weighted by Crippen LogP contribution is -2.62. The molecule has 2 aromatic carbocycles. The van der Waals surface area contributed by atoms with Crippen LogP contribution in [0.15, 0.2) is 60.7 Å². The monoisotopic (exact) mass is 681 g/mol. The number of aliphatic hydroxyl groups excluding tert-OH is 1. The van der Waals surface area contributed by atoms with E-state index < -0.39 is 52.2 Å². The quantitative estimate of drug-likeness (QED) is 0.269. The number of hydrogen-bond acceptors (Lipinski definition) is 7. The molecule has 0 aromatic heterocycles. The molecule has 1 heterocycles. The molecule has 0 unspecified atom stereocenters. The fourth-order valence-corrected chi connectivity index (χ4v) is 6.94. The maximum Gasteiger partial charge on any atom is 0.254 e. The molecule has 10 nitrogen and oxygen atoms in total. The van der Waals surface area contributed by atoms with Crippen molar-refractivity contribution in [3.8, 4) is 0 Å². The number of amides is 4. The van der Waals surface area contributed by atoms with E-state index in [1.165, 1.54) is 16.7 Å². The first-order chi connectivity index (χ1) is 22.2.